The van der Waals surface area contributed by atoms with Crippen LogP contribution in [0.15, 0.2) is 34.2 Å². The fraction of sp³-hybridized carbons (Fsp3) is 0.333. The molecule has 1 N–H and O–H groups in total. The highest BCUT2D eigenvalue weighted by molar-refractivity contribution is 9.10. The lowest BCUT2D eigenvalue weighted by Crippen LogP contribution is -2.46. The number of nitrogens with one attached hydrogen (secondary N) is 1. The van der Waals surface area contributed by atoms with E-state index in [1.807, 2.05) is 19.2 Å². The summed E-state index contributed by atoms with van der Waals surface area (Å²) in [6, 6.07) is 5.16. The Hall–Kier alpha value is -1.11. The quantitative estimate of drug-likeness (QED) is 0.806. The number of benzene rings is 1. The molecule has 118 valence electrons. The average Bonchev–Trinajstić information content (AvgIpc) is 2.96. The standard InChI is InChI=1S/C15H16BrClN2O2S/c1-9(21-12-5-4-10(17)8-11(12)16)13(20)19-15(2,3)14-18-6-7-22-14/h4-9H,1-3H3,(H,19,20). The number of halogens is 2. The smallest absolute Gasteiger partial charge is 0.261 e. The molecule has 1 aromatic carbocycles. The lowest BCUT2D eigenvalue weighted by atomic mass is 10.1. The number of ether oxygens (including phenoxy) is 1. The SMILES string of the molecule is CC(Oc1ccc(Cl)cc1Br)C(=O)NC(C)(C)c1nccs1. The van der Waals surface area contributed by atoms with E-state index in [0.717, 1.165) is 5.01 Å². The van der Waals surface area contributed by atoms with Crippen molar-refractivity contribution < 1.29 is 9.53 Å². The van der Waals surface area contributed by atoms with Gasteiger partial charge in [0, 0.05) is 16.6 Å². The predicted molar refractivity (Wildman–Crippen MR) is 92.5 cm³/mol. The van der Waals surface area contributed by atoms with Crippen LogP contribution in [-0.4, -0.2) is 17.0 Å². The summed E-state index contributed by atoms with van der Waals surface area (Å²) >= 11 is 10.8. The van der Waals surface area contributed by atoms with Crippen molar-refractivity contribution in [1.29, 1.82) is 0 Å². The molecule has 0 saturated carbocycles. The topological polar surface area (TPSA) is 51.2 Å². The van der Waals surface area contributed by atoms with Crippen molar-refractivity contribution in [3.05, 3.63) is 44.3 Å². The van der Waals surface area contributed by atoms with Gasteiger partial charge < -0.3 is 10.1 Å². The molecule has 22 heavy (non-hydrogen) atoms. The Morgan fingerprint density at radius 2 is 2.23 bits per heavy atom. The summed E-state index contributed by atoms with van der Waals surface area (Å²) in [4.78, 5) is 16.6. The van der Waals surface area contributed by atoms with Crippen LogP contribution in [0.5, 0.6) is 5.75 Å². The Morgan fingerprint density at radius 1 is 1.50 bits per heavy atom. The molecule has 1 heterocycles. The van der Waals surface area contributed by atoms with Crippen LogP contribution in [0.25, 0.3) is 0 Å². The first-order valence-corrected chi connectivity index (χ1v) is 8.68. The molecule has 0 fully saturated rings. The highest BCUT2D eigenvalue weighted by atomic mass is 79.9. The molecule has 2 rings (SSSR count). The summed E-state index contributed by atoms with van der Waals surface area (Å²) in [6.45, 7) is 5.53. The first-order chi connectivity index (χ1) is 10.3. The Labute approximate surface area is 147 Å². The van der Waals surface area contributed by atoms with Crippen LogP contribution < -0.4 is 10.1 Å². The van der Waals surface area contributed by atoms with Crippen molar-refractivity contribution in [2.24, 2.45) is 0 Å². The van der Waals surface area contributed by atoms with E-state index in [1.165, 1.54) is 11.3 Å². The minimum atomic E-state index is -0.642. The van der Waals surface area contributed by atoms with Gasteiger partial charge in [-0.15, -0.1) is 11.3 Å². The minimum absolute atomic E-state index is 0.206. The van der Waals surface area contributed by atoms with E-state index in [-0.39, 0.29) is 5.91 Å². The second-order valence-corrected chi connectivity index (χ2v) is 7.47. The van der Waals surface area contributed by atoms with E-state index in [9.17, 15) is 4.79 Å². The largest absolute Gasteiger partial charge is 0.480 e. The molecule has 0 aliphatic rings. The Bertz CT molecular complexity index is 662. The third-order valence-electron chi connectivity index (χ3n) is 2.97. The van der Waals surface area contributed by atoms with E-state index < -0.39 is 11.6 Å². The molecule has 1 amide bonds. The van der Waals surface area contributed by atoms with Crippen molar-refractivity contribution >= 4 is 44.8 Å². The lowest BCUT2D eigenvalue weighted by molar-refractivity contribution is -0.129. The maximum atomic E-state index is 12.3. The monoisotopic (exact) mass is 402 g/mol. The molecule has 0 saturated heterocycles. The Kier molecular flexibility index (Phi) is 5.47. The molecule has 1 atom stereocenters. The molecule has 1 unspecified atom stereocenters. The molecule has 4 nitrogen and oxygen atoms in total. The van der Waals surface area contributed by atoms with Gasteiger partial charge in [-0.05, 0) is 54.9 Å². The summed E-state index contributed by atoms with van der Waals surface area (Å²) in [7, 11) is 0. The summed E-state index contributed by atoms with van der Waals surface area (Å²) in [5.74, 6) is 0.362. The molecule has 0 bridgehead atoms. The van der Waals surface area contributed by atoms with Gasteiger partial charge in [0.05, 0.1) is 10.0 Å². The van der Waals surface area contributed by atoms with E-state index in [1.54, 1.807) is 31.3 Å². The van der Waals surface area contributed by atoms with Crippen LogP contribution in [0, 0.1) is 0 Å². The number of hydrogen-bond acceptors (Lipinski definition) is 4. The molecule has 0 spiro atoms. The number of hydrogen-bond donors (Lipinski definition) is 1. The summed E-state index contributed by atoms with van der Waals surface area (Å²) < 4.78 is 6.40. The minimum Gasteiger partial charge on any atom is -0.480 e. The zero-order valence-electron chi connectivity index (χ0n) is 12.4. The van der Waals surface area contributed by atoms with Gasteiger partial charge in [0.25, 0.3) is 5.91 Å². The van der Waals surface area contributed by atoms with E-state index >= 15 is 0 Å². The van der Waals surface area contributed by atoms with Gasteiger partial charge in [0.15, 0.2) is 6.10 Å². The number of carbonyl (C=O) groups is 1. The van der Waals surface area contributed by atoms with Crippen LogP contribution in [0.4, 0.5) is 0 Å². The zero-order valence-corrected chi connectivity index (χ0v) is 15.6. The lowest BCUT2D eigenvalue weighted by Gasteiger charge is -2.26. The molecule has 0 aliphatic heterocycles. The van der Waals surface area contributed by atoms with Gasteiger partial charge in [-0.3, -0.25) is 4.79 Å². The predicted octanol–water partition coefficient (Wildman–Crippen LogP) is 4.38. The molecular weight excluding hydrogens is 388 g/mol. The number of amides is 1. The van der Waals surface area contributed by atoms with Crippen LogP contribution in [-0.2, 0) is 10.3 Å². The molecular formula is C15H16BrClN2O2S. The average molecular weight is 404 g/mol. The van der Waals surface area contributed by atoms with Crippen molar-refractivity contribution in [2.75, 3.05) is 0 Å². The molecule has 0 aliphatic carbocycles. The number of aromatic nitrogens is 1. The van der Waals surface area contributed by atoms with E-state index in [4.69, 9.17) is 16.3 Å². The summed E-state index contributed by atoms with van der Waals surface area (Å²) in [5, 5.41) is 6.28. The molecule has 0 radical (unpaired) electrons. The van der Waals surface area contributed by atoms with Gasteiger partial charge in [-0.2, -0.15) is 0 Å². The second kappa shape index (κ2) is 6.98. The third kappa shape index (κ3) is 4.21. The van der Waals surface area contributed by atoms with Gasteiger partial charge in [-0.25, -0.2) is 4.98 Å². The second-order valence-electron chi connectivity index (χ2n) is 5.29. The highest BCUT2D eigenvalue weighted by Gasteiger charge is 2.28. The Morgan fingerprint density at radius 3 is 2.82 bits per heavy atom. The summed E-state index contributed by atoms with van der Waals surface area (Å²) in [6.07, 6.45) is 1.08. The van der Waals surface area contributed by atoms with Crippen LogP contribution in [0.1, 0.15) is 25.8 Å². The van der Waals surface area contributed by atoms with Gasteiger partial charge in [0.2, 0.25) is 0 Å². The van der Waals surface area contributed by atoms with Gasteiger partial charge in [-0.1, -0.05) is 11.6 Å². The van der Waals surface area contributed by atoms with Crippen LogP contribution in [0.2, 0.25) is 5.02 Å². The summed E-state index contributed by atoms with van der Waals surface area (Å²) in [5.41, 5.74) is -0.542. The molecule has 1 aromatic heterocycles. The number of thiazole rings is 1. The van der Waals surface area contributed by atoms with Gasteiger partial charge in [0.1, 0.15) is 10.8 Å². The fourth-order valence-electron chi connectivity index (χ4n) is 1.81. The van der Waals surface area contributed by atoms with Crippen LogP contribution >= 0.6 is 38.9 Å². The first-order valence-electron chi connectivity index (χ1n) is 6.63. The Balaban J connectivity index is 2.03. The van der Waals surface area contributed by atoms with Crippen molar-refractivity contribution in [1.82, 2.24) is 10.3 Å². The normalized spacial score (nSPS) is 12.8. The van der Waals surface area contributed by atoms with Crippen molar-refractivity contribution in [2.45, 2.75) is 32.4 Å². The number of carbonyl (C=O) groups excluding carboxylic acids is 1. The fourth-order valence-corrected chi connectivity index (χ4v) is 3.30. The van der Waals surface area contributed by atoms with E-state index in [0.29, 0.717) is 15.2 Å². The number of nitrogens with zero attached hydrogens (tertiary/aromatic N) is 1. The third-order valence-corrected chi connectivity index (χ3v) is 4.92. The maximum absolute atomic E-state index is 12.3. The zero-order chi connectivity index (χ0) is 16.3. The highest BCUT2D eigenvalue weighted by Crippen LogP contribution is 2.29. The van der Waals surface area contributed by atoms with E-state index in [2.05, 4.69) is 26.2 Å². The van der Waals surface area contributed by atoms with Gasteiger partial charge >= 0.3 is 0 Å². The maximum Gasteiger partial charge on any atom is 0.261 e. The first kappa shape index (κ1) is 17.2. The van der Waals surface area contributed by atoms with Crippen molar-refractivity contribution in [3.8, 4) is 5.75 Å². The van der Waals surface area contributed by atoms with Crippen LogP contribution in [0.3, 0.4) is 0 Å². The van der Waals surface area contributed by atoms with Crippen molar-refractivity contribution in [3.63, 3.8) is 0 Å². The number of rotatable bonds is 5. The molecule has 2 aromatic rings. The molecule has 7 heteroatoms.